The zero-order valence-electron chi connectivity index (χ0n) is 7.53. The summed E-state index contributed by atoms with van der Waals surface area (Å²) in [7, 11) is 0. The van der Waals surface area contributed by atoms with Crippen LogP contribution in [0.15, 0.2) is 22.9 Å². The first-order valence-electron chi connectivity index (χ1n) is 4.18. The van der Waals surface area contributed by atoms with Crippen molar-refractivity contribution in [3.8, 4) is 0 Å². The summed E-state index contributed by atoms with van der Waals surface area (Å²) in [5, 5.41) is 4.39. The Labute approximate surface area is 84.9 Å². The second-order valence-electron chi connectivity index (χ2n) is 3.26. The van der Waals surface area contributed by atoms with Gasteiger partial charge in [0.2, 0.25) is 0 Å². The summed E-state index contributed by atoms with van der Waals surface area (Å²) in [5.74, 6) is 1.23. The number of rotatable bonds is 1. The van der Waals surface area contributed by atoms with E-state index >= 15 is 0 Å². The second kappa shape index (κ2) is 3.10. The van der Waals surface area contributed by atoms with Crippen molar-refractivity contribution < 1.29 is 0 Å². The van der Waals surface area contributed by atoms with Gasteiger partial charge in [-0.15, -0.1) is 0 Å². The minimum absolute atomic E-state index is 0.360. The van der Waals surface area contributed by atoms with Crippen LogP contribution < -0.4 is 0 Å². The van der Waals surface area contributed by atoms with Crippen LogP contribution in [0.5, 0.6) is 0 Å². The van der Waals surface area contributed by atoms with Crippen LogP contribution in [0.2, 0.25) is 0 Å². The normalized spacial score (nSPS) is 11.4. The zero-order valence-corrected chi connectivity index (χ0v) is 9.12. The van der Waals surface area contributed by atoms with Gasteiger partial charge in [0.25, 0.3) is 0 Å². The van der Waals surface area contributed by atoms with Crippen LogP contribution >= 0.6 is 15.9 Å². The van der Waals surface area contributed by atoms with Crippen molar-refractivity contribution in [3.05, 3.63) is 28.8 Å². The summed E-state index contributed by atoms with van der Waals surface area (Å²) in [6.07, 6.45) is 1.84. The van der Waals surface area contributed by atoms with Gasteiger partial charge in [0.05, 0.1) is 11.7 Å². The second-order valence-corrected chi connectivity index (χ2v) is 4.08. The number of hydrogen-bond acceptors (Lipinski definition) is 2. The molecule has 68 valence electrons. The van der Waals surface area contributed by atoms with E-state index in [1.165, 1.54) is 0 Å². The van der Waals surface area contributed by atoms with Gasteiger partial charge in [0, 0.05) is 5.92 Å². The van der Waals surface area contributed by atoms with E-state index in [1.54, 1.807) is 0 Å². The van der Waals surface area contributed by atoms with Crippen molar-refractivity contribution in [2.45, 2.75) is 19.8 Å². The van der Waals surface area contributed by atoms with Gasteiger partial charge in [-0.2, -0.15) is 5.10 Å². The monoisotopic (exact) mass is 239 g/mol. The molecule has 2 rings (SSSR count). The molecular formula is C9H10BrN3. The molecule has 0 bridgehead atoms. The summed E-state index contributed by atoms with van der Waals surface area (Å²) in [6, 6.07) is 3.95. The van der Waals surface area contributed by atoms with Crippen molar-refractivity contribution in [3.63, 3.8) is 0 Å². The Bertz CT molecular complexity index is 433. The van der Waals surface area contributed by atoms with E-state index in [-0.39, 0.29) is 0 Å². The number of fused-ring (bicyclic) bond motifs is 1. The Hall–Kier alpha value is -0.900. The first kappa shape index (κ1) is 8.69. The molecule has 0 amide bonds. The van der Waals surface area contributed by atoms with Gasteiger partial charge in [0.15, 0.2) is 5.82 Å². The van der Waals surface area contributed by atoms with Crippen molar-refractivity contribution in [1.29, 1.82) is 0 Å². The average Bonchev–Trinajstić information content (AvgIpc) is 2.47. The van der Waals surface area contributed by atoms with Crippen molar-refractivity contribution >= 4 is 21.4 Å². The number of hydrogen-bond donors (Lipinski definition) is 0. The standard InChI is InChI=1S/C9H10BrN3/c1-6(2)9-11-5-7-3-4-8(10)13(7)12-9/h3-6H,1-2H3. The van der Waals surface area contributed by atoms with E-state index < -0.39 is 0 Å². The van der Waals surface area contributed by atoms with Crippen LogP contribution in [-0.2, 0) is 0 Å². The lowest BCUT2D eigenvalue weighted by atomic mass is 10.2. The van der Waals surface area contributed by atoms with Crippen LogP contribution in [0.3, 0.4) is 0 Å². The molecule has 2 heterocycles. The predicted octanol–water partition coefficient (Wildman–Crippen LogP) is 2.62. The van der Waals surface area contributed by atoms with Gasteiger partial charge < -0.3 is 0 Å². The Balaban J connectivity index is 2.66. The Morgan fingerprint density at radius 3 is 2.85 bits per heavy atom. The van der Waals surface area contributed by atoms with Gasteiger partial charge in [-0.25, -0.2) is 9.50 Å². The van der Waals surface area contributed by atoms with E-state index in [2.05, 4.69) is 39.9 Å². The molecule has 2 aromatic rings. The Morgan fingerprint density at radius 1 is 1.38 bits per heavy atom. The summed E-state index contributed by atoms with van der Waals surface area (Å²) in [6.45, 7) is 4.16. The lowest BCUT2D eigenvalue weighted by Gasteiger charge is -2.03. The Kier molecular flexibility index (Phi) is 2.07. The number of halogens is 1. The molecule has 2 aromatic heterocycles. The van der Waals surface area contributed by atoms with Gasteiger partial charge in [-0.3, -0.25) is 0 Å². The van der Waals surface area contributed by atoms with Gasteiger partial charge in [0.1, 0.15) is 4.60 Å². The molecule has 3 nitrogen and oxygen atoms in total. The minimum atomic E-state index is 0.360. The quantitative estimate of drug-likeness (QED) is 0.766. The molecule has 0 aliphatic carbocycles. The molecule has 0 spiro atoms. The Morgan fingerprint density at radius 2 is 2.15 bits per heavy atom. The van der Waals surface area contributed by atoms with Crippen LogP contribution in [0.1, 0.15) is 25.6 Å². The summed E-state index contributed by atoms with van der Waals surface area (Å²) >= 11 is 3.42. The van der Waals surface area contributed by atoms with Crippen LogP contribution in [0.25, 0.3) is 5.52 Å². The lowest BCUT2D eigenvalue weighted by Crippen LogP contribution is -2.02. The number of nitrogens with zero attached hydrogens (tertiary/aromatic N) is 3. The third-order valence-corrected chi connectivity index (χ3v) is 2.49. The van der Waals surface area contributed by atoms with Gasteiger partial charge in [-0.1, -0.05) is 13.8 Å². The average molecular weight is 240 g/mol. The highest BCUT2D eigenvalue weighted by Gasteiger charge is 2.05. The molecule has 0 aliphatic rings. The predicted molar refractivity (Wildman–Crippen MR) is 54.8 cm³/mol. The molecule has 13 heavy (non-hydrogen) atoms. The van der Waals surface area contributed by atoms with Crippen molar-refractivity contribution in [1.82, 2.24) is 14.6 Å². The van der Waals surface area contributed by atoms with Gasteiger partial charge >= 0.3 is 0 Å². The molecular weight excluding hydrogens is 230 g/mol. The highest BCUT2D eigenvalue weighted by molar-refractivity contribution is 9.10. The maximum atomic E-state index is 4.39. The van der Waals surface area contributed by atoms with E-state index in [0.29, 0.717) is 5.92 Å². The molecule has 4 heteroatoms. The largest absolute Gasteiger partial charge is 0.237 e. The third kappa shape index (κ3) is 1.46. The van der Waals surface area contributed by atoms with Gasteiger partial charge in [-0.05, 0) is 28.1 Å². The highest BCUT2D eigenvalue weighted by Crippen LogP contribution is 2.15. The summed E-state index contributed by atoms with van der Waals surface area (Å²) in [4.78, 5) is 4.27. The van der Waals surface area contributed by atoms with E-state index in [4.69, 9.17) is 0 Å². The summed E-state index contributed by atoms with van der Waals surface area (Å²) < 4.78 is 2.81. The van der Waals surface area contributed by atoms with Crippen molar-refractivity contribution in [2.24, 2.45) is 0 Å². The molecule has 0 radical (unpaired) electrons. The van der Waals surface area contributed by atoms with Crippen LogP contribution in [0.4, 0.5) is 0 Å². The molecule has 0 atom stereocenters. The molecule has 0 aromatic carbocycles. The van der Waals surface area contributed by atoms with Crippen LogP contribution in [0, 0.1) is 0 Å². The minimum Gasteiger partial charge on any atom is -0.237 e. The SMILES string of the molecule is CC(C)c1ncc2ccc(Br)n2n1. The van der Waals surface area contributed by atoms with E-state index in [9.17, 15) is 0 Å². The fourth-order valence-electron chi connectivity index (χ4n) is 1.15. The maximum Gasteiger partial charge on any atom is 0.151 e. The fourth-order valence-corrected chi connectivity index (χ4v) is 1.56. The maximum absolute atomic E-state index is 4.39. The first-order valence-corrected chi connectivity index (χ1v) is 4.98. The zero-order chi connectivity index (χ0) is 9.42. The van der Waals surface area contributed by atoms with Crippen molar-refractivity contribution in [2.75, 3.05) is 0 Å². The third-order valence-electron chi connectivity index (χ3n) is 1.89. The van der Waals surface area contributed by atoms with Crippen LogP contribution in [-0.4, -0.2) is 14.6 Å². The molecule has 0 saturated heterocycles. The molecule has 0 saturated carbocycles. The molecule has 0 unspecified atom stereocenters. The lowest BCUT2D eigenvalue weighted by molar-refractivity contribution is 0.715. The first-order chi connectivity index (χ1) is 6.18. The highest BCUT2D eigenvalue weighted by atomic mass is 79.9. The topological polar surface area (TPSA) is 30.2 Å². The summed E-state index contributed by atoms with van der Waals surface area (Å²) in [5.41, 5.74) is 1.01. The fraction of sp³-hybridized carbons (Fsp3) is 0.333. The smallest absolute Gasteiger partial charge is 0.151 e. The number of aromatic nitrogens is 3. The molecule has 0 aliphatic heterocycles. The van der Waals surface area contributed by atoms with E-state index in [0.717, 1.165) is 15.9 Å². The van der Waals surface area contributed by atoms with E-state index in [1.807, 2.05) is 22.8 Å². The molecule has 0 fully saturated rings. The molecule has 0 N–H and O–H groups in total.